The molecule has 0 aromatic heterocycles. The second-order valence-corrected chi connectivity index (χ2v) is 9.52. The predicted molar refractivity (Wildman–Crippen MR) is 114 cm³/mol. The van der Waals surface area contributed by atoms with Crippen molar-refractivity contribution in [1.29, 1.82) is 0 Å². The molecule has 1 N–H and O–H groups in total. The lowest BCUT2D eigenvalue weighted by atomic mass is 9.63. The molecule has 0 amide bonds. The van der Waals surface area contributed by atoms with Crippen LogP contribution in [0, 0.1) is 29.6 Å². The van der Waals surface area contributed by atoms with Crippen LogP contribution < -0.4 is 0 Å². The first-order valence-electron chi connectivity index (χ1n) is 11.7. The summed E-state index contributed by atoms with van der Waals surface area (Å²) in [6.45, 7) is 6.39. The van der Waals surface area contributed by atoms with Crippen LogP contribution in [0.4, 0.5) is 0 Å². The van der Waals surface area contributed by atoms with Crippen LogP contribution in [0.1, 0.15) is 78.6 Å². The van der Waals surface area contributed by atoms with Crippen molar-refractivity contribution in [3.8, 4) is 0 Å². The highest BCUT2D eigenvalue weighted by Gasteiger charge is 2.39. The summed E-state index contributed by atoms with van der Waals surface area (Å²) < 4.78 is 5.47. The molecule has 162 valence electrons. The van der Waals surface area contributed by atoms with Gasteiger partial charge >= 0.3 is 5.97 Å². The van der Waals surface area contributed by atoms with E-state index in [1.807, 2.05) is 0 Å². The molecule has 2 aliphatic carbocycles. The van der Waals surface area contributed by atoms with Crippen LogP contribution in [0.15, 0.2) is 23.8 Å². The zero-order chi connectivity index (χ0) is 21.0. The van der Waals surface area contributed by atoms with Gasteiger partial charge in [-0.15, -0.1) is 0 Å². The van der Waals surface area contributed by atoms with Crippen LogP contribution in [0.2, 0.25) is 0 Å². The van der Waals surface area contributed by atoms with Gasteiger partial charge in [0.25, 0.3) is 0 Å². The molecule has 0 aromatic rings. The summed E-state index contributed by atoms with van der Waals surface area (Å²) in [5.41, 5.74) is 1.42. The van der Waals surface area contributed by atoms with Gasteiger partial charge in [0, 0.05) is 18.8 Å². The van der Waals surface area contributed by atoms with Crippen LogP contribution in [-0.2, 0) is 14.3 Å². The molecule has 1 aliphatic heterocycles. The maximum absolute atomic E-state index is 12.8. The lowest BCUT2D eigenvalue weighted by Crippen LogP contribution is -2.36. The smallest absolute Gasteiger partial charge is 0.308 e. The molecule has 0 saturated carbocycles. The number of esters is 1. The van der Waals surface area contributed by atoms with E-state index in [0.717, 1.165) is 38.5 Å². The molecule has 3 rings (SSSR count). The Balaban J connectivity index is 1.71. The minimum absolute atomic E-state index is 0.121. The third kappa shape index (κ3) is 5.59. The molecule has 1 saturated heterocycles. The molecule has 4 nitrogen and oxygen atoms in total. The van der Waals surface area contributed by atoms with Gasteiger partial charge in [-0.2, -0.15) is 0 Å². The van der Waals surface area contributed by atoms with Crippen LogP contribution in [0.5, 0.6) is 0 Å². The Morgan fingerprint density at radius 3 is 2.72 bits per heavy atom. The SMILES string of the molecule is CC[C@H]1C=C2C=CC[C@H](CC[C@@H]3C[C@@H](O)CC(=O)O3)[C@H]2[C@@H](CC(=O)[C@@H](C)CC)C1. The Kier molecular flexibility index (Phi) is 7.72. The van der Waals surface area contributed by atoms with E-state index in [9.17, 15) is 14.7 Å². The fourth-order valence-corrected chi connectivity index (χ4v) is 5.53. The van der Waals surface area contributed by atoms with Crippen molar-refractivity contribution in [2.24, 2.45) is 29.6 Å². The van der Waals surface area contributed by atoms with Gasteiger partial charge in [0.1, 0.15) is 11.9 Å². The first-order chi connectivity index (χ1) is 13.9. The van der Waals surface area contributed by atoms with Gasteiger partial charge in [-0.25, -0.2) is 0 Å². The van der Waals surface area contributed by atoms with Crippen molar-refractivity contribution in [3.05, 3.63) is 23.8 Å². The number of allylic oxidation sites excluding steroid dienone is 4. The Morgan fingerprint density at radius 2 is 2.03 bits per heavy atom. The molecule has 0 unspecified atom stereocenters. The zero-order valence-corrected chi connectivity index (χ0v) is 18.3. The standard InChI is InChI=1S/C25H38O4/c1-4-16(3)23(27)13-20-12-17(5-2)11-19-8-6-7-18(25(19)20)9-10-22-14-21(26)15-24(28)29-22/h6,8,11,16-18,20-22,25-26H,4-5,7,9-10,12-15H2,1-3H3/t16-,17-,18+,20+,21+,22+,25+/m0/s1. The third-order valence-corrected chi connectivity index (χ3v) is 7.43. The highest BCUT2D eigenvalue weighted by atomic mass is 16.5. The maximum atomic E-state index is 12.8. The summed E-state index contributed by atoms with van der Waals surface area (Å²) in [6, 6.07) is 0. The monoisotopic (exact) mass is 402 g/mol. The molecular formula is C25H38O4. The molecule has 3 aliphatic rings. The van der Waals surface area contributed by atoms with Gasteiger partial charge in [0.15, 0.2) is 0 Å². The summed E-state index contributed by atoms with van der Waals surface area (Å²) in [5, 5.41) is 9.89. The van der Waals surface area contributed by atoms with Gasteiger partial charge in [0.05, 0.1) is 12.5 Å². The number of aliphatic hydroxyl groups excluding tert-OH is 1. The molecule has 4 heteroatoms. The number of hydrogen-bond donors (Lipinski definition) is 1. The van der Waals surface area contributed by atoms with Crippen molar-refractivity contribution in [2.75, 3.05) is 0 Å². The zero-order valence-electron chi connectivity index (χ0n) is 18.3. The van der Waals surface area contributed by atoms with E-state index in [0.29, 0.717) is 42.3 Å². The average Bonchev–Trinajstić information content (AvgIpc) is 2.70. The number of Topliss-reactive ketones (excluding diaryl/α,β-unsaturated/α-hetero) is 1. The van der Waals surface area contributed by atoms with Gasteiger partial charge < -0.3 is 9.84 Å². The van der Waals surface area contributed by atoms with Crippen molar-refractivity contribution in [3.63, 3.8) is 0 Å². The number of hydrogen-bond acceptors (Lipinski definition) is 4. The second-order valence-electron chi connectivity index (χ2n) is 9.52. The second kappa shape index (κ2) is 10.1. The quantitative estimate of drug-likeness (QED) is 0.580. The van der Waals surface area contributed by atoms with Crippen molar-refractivity contribution >= 4 is 11.8 Å². The third-order valence-electron chi connectivity index (χ3n) is 7.43. The van der Waals surface area contributed by atoms with Crippen molar-refractivity contribution < 1.29 is 19.4 Å². The van der Waals surface area contributed by atoms with Crippen LogP contribution >= 0.6 is 0 Å². The summed E-state index contributed by atoms with van der Waals surface area (Å²) in [6.07, 6.45) is 13.6. The molecule has 0 bridgehead atoms. The van der Waals surface area contributed by atoms with Crippen LogP contribution in [0.3, 0.4) is 0 Å². The van der Waals surface area contributed by atoms with Gasteiger partial charge in [-0.1, -0.05) is 39.0 Å². The number of carbonyl (C=O) groups is 2. The highest BCUT2D eigenvalue weighted by molar-refractivity contribution is 5.81. The van der Waals surface area contributed by atoms with E-state index in [2.05, 4.69) is 39.0 Å². The first-order valence-corrected chi connectivity index (χ1v) is 11.7. The predicted octanol–water partition coefficient (Wildman–Crippen LogP) is 5.00. The Morgan fingerprint density at radius 1 is 1.24 bits per heavy atom. The molecule has 0 radical (unpaired) electrons. The molecule has 0 spiro atoms. The highest BCUT2D eigenvalue weighted by Crippen LogP contribution is 2.47. The van der Waals surface area contributed by atoms with E-state index < -0.39 is 6.10 Å². The summed E-state index contributed by atoms with van der Waals surface area (Å²) >= 11 is 0. The van der Waals surface area contributed by atoms with E-state index in [1.54, 1.807) is 0 Å². The number of fused-ring (bicyclic) bond motifs is 1. The number of ether oxygens (including phenoxy) is 1. The van der Waals surface area contributed by atoms with Gasteiger partial charge in [-0.3, -0.25) is 9.59 Å². The number of cyclic esters (lactones) is 1. The Bertz CT molecular complexity index is 649. The lowest BCUT2D eigenvalue weighted by molar-refractivity contribution is -0.160. The van der Waals surface area contributed by atoms with Crippen LogP contribution in [-0.4, -0.2) is 29.1 Å². The molecular weight excluding hydrogens is 364 g/mol. The van der Waals surface area contributed by atoms with Gasteiger partial charge in [0.2, 0.25) is 0 Å². The minimum Gasteiger partial charge on any atom is -0.462 e. The van der Waals surface area contributed by atoms with E-state index in [4.69, 9.17) is 4.74 Å². The number of rotatable bonds is 8. The molecule has 29 heavy (non-hydrogen) atoms. The summed E-state index contributed by atoms with van der Waals surface area (Å²) in [5.74, 6) is 2.16. The molecule has 1 fully saturated rings. The summed E-state index contributed by atoms with van der Waals surface area (Å²) in [4.78, 5) is 24.4. The molecule has 7 atom stereocenters. The first kappa shape index (κ1) is 22.3. The fraction of sp³-hybridized carbons (Fsp3) is 0.760. The van der Waals surface area contributed by atoms with E-state index in [1.165, 1.54) is 5.57 Å². The summed E-state index contributed by atoms with van der Waals surface area (Å²) in [7, 11) is 0. The largest absolute Gasteiger partial charge is 0.462 e. The normalized spacial score (nSPS) is 35.4. The Labute approximate surface area is 175 Å². The van der Waals surface area contributed by atoms with Crippen molar-refractivity contribution in [1.82, 2.24) is 0 Å². The number of aliphatic hydroxyl groups is 1. The van der Waals surface area contributed by atoms with E-state index in [-0.39, 0.29) is 24.4 Å². The molecule has 1 heterocycles. The topological polar surface area (TPSA) is 63.6 Å². The number of carbonyl (C=O) groups excluding carboxylic acids is 2. The number of ketones is 1. The Hall–Kier alpha value is -1.42. The minimum atomic E-state index is -0.566. The van der Waals surface area contributed by atoms with Gasteiger partial charge in [-0.05, 0) is 67.8 Å². The maximum Gasteiger partial charge on any atom is 0.308 e. The fourth-order valence-electron chi connectivity index (χ4n) is 5.53. The van der Waals surface area contributed by atoms with E-state index >= 15 is 0 Å². The van der Waals surface area contributed by atoms with Crippen molar-refractivity contribution in [2.45, 2.75) is 90.8 Å². The lowest BCUT2D eigenvalue weighted by Gasteiger charge is -2.42. The average molecular weight is 403 g/mol. The van der Waals surface area contributed by atoms with Crippen LogP contribution in [0.25, 0.3) is 0 Å². The molecule has 0 aromatic carbocycles.